The molecule has 1 amide bonds. The number of amides is 1. The van der Waals surface area contributed by atoms with Gasteiger partial charge in [0.15, 0.2) is 6.39 Å². The summed E-state index contributed by atoms with van der Waals surface area (Å²) < 4.78 is 15.4. The summed E-state index contributed by atoms with van der Waals surface area (Å²) in [7, 11) is 1.62. The van der Waals surface area contributed by atoms with E-state index in [1.807, 2.05) is 24.3 Å². The monoisotopic (exact) mass is 347 g/mol. The van der Waals surface area contributed by atoms with Crippen LogP contribution >= 0.6 is 0 Å². The first-order valence-electron chi connectivity index (χ1n) is 8.01. The Kier molecular flexibility index (Phi) is 5.52. The Labute approximate surface area is 145 Å². The zero-order valence-electron chi connectivity index (χ0n) is 13.8. The van der Waals surface area contributed by atoms with E-state index in [4.69, 9.17) is 13.9 Å². The van der Waals surface area contributed by atoms with Crippen LogP contribution in [-0.2, 0) is 17.7 Å². The van der Waals surface area contributed by atoms with E-state index in [0.717, 1.165) is 11.3 Å². The molecule has 1 aromatic heterocycles. The zero-order chi connectivity index (χ0) is 17.6. The molecule has 8 heteroatoms. The Hall–Kier alpha value is -2.58. The number of carbonyl (C=O) groups excluding carboxylic acids is 1. The number of benzene rings is 1. The molecule has 0 spiro atoms. The van der Waals surface area contributed by atoms with Gasteiger partial charge < -0.3 is 29.6 Å². The van der Waals surface area contributed by atoms with Crippen molar-refractivity contribution in [2.24, 2.45) is 0 Å². The Bertz CT molecular complexity index is 674. The average molecular weight is 347 g/mol. The molecule has 0 radical (unpaired) electrons. The summed E-state index contributed by atoms with van der Waals surface area (Å²) in [5, 5.41) is 15.9. The van der Waals surface area contributed by atoms with Crippen molar-refractivity contribution in [2.45, 2.75) is 31.2 Å². The molecular formula is C17H21N3O5. The van der Waals surface area contributed by atoms with Crippen LogP contribution in [0.1, 0.15) is 11.3 Å². The van der Waals surface area contributed by atoms with Crippen molar-refractivity contribution in [2.75, 3.05) is 13.7 Å². The fourth-order valence-electron chi connectivity index (χ4n) is 2.79. The summed E-state index contributed by atoms with van der Waals surface area (Å²) in [4.78, 5) is 15.9. The van der Waals surface area contributed by atoms with E-state index in [1.54, 1.807) is 7.11 Å². The predicted octanol–water partition coefficient (Wildman–Crippen LogP) is 0.853. The first-order chi connectivity index (χ1) is 12.2. The van der Waals surface area contributed by atoms with E-state index >= 15 is 0 Å². The molecule has 1 saturated heterocycles. The maximum absolute atomic E-state index is 12.0. The highest BCUT2D eigenvalue weighted by Crippen LogP contribution is 2.19. The van der Waals surface area contributed by atoms with Crippen molar-refractivity contribution in [3.05, 3.63) is 48.2 Å². The Balaban J connectivity index is 1.55. The van der Waals surface area contributed by atoms with E-state index < -0.39 is 18.3 Å². The molecule has 1 aliphatic heterocycles. The number of oxazole rings is 1. The molecule has 25 heavy (non-hydrogen) atoms. The molecule has 3 rings (SSSR count). The third kappa shape index (κ3) is 4.49. The second kappa shape index (κ2) is 8.00. The first-order valence-corrected chi connectivity index (χ1v) is 8.01. The molecule has 3 N–H and O–H groups in total. The van der Waals surface area contributed by atoms with Gasteiger partial charge in [0.05, 0.1) is 25.4 Å². The average Bonchev–Trinajstić information content (AvgIpc) is 3.26. The summed E-state index contributed by atoms with van der Waals surface area (Å²) >= 11 is 0. The van der Waals surface area contributed by atoms with E-state index in [-0.39, 0.29) is 12.6 Å². The molecular weight excluding hydrogens is 326 g/mol. The van der Waals surface area contributed by atoms with E-state index in [2.05, 4.69) is 15.6 Å². The van der Waals surface area contributed by atoms with E-state index in [1.165, 1.54) is 12.7 Å². The van der Waals surface area contributed by atoms with Crippen LogP contribution in [0.2, 0.25) is 0 Å². The molecule has 3 atom stereocenters. The second-order valence-electron chi connectivity index (χ2n) is 5.84. The predicted molar refractivity (Wildman–Crippen MR) is 88.1 cm³/mol. The Morgan fingerprint density at radius 2 is 2.24 bits per heavy atom. The van der Waals surface area contributed by atoms with Gasteiger partial charge >= 0.3 is 6.09 Å². The molecule has 0 aliphatic carbocycles. The number of alkyl carbamates (subject to hydrolysis) is 1. The van der Waals surface area contributed by atoms with Crippen LogP contribution in [0, 0.1) is 0 Å². The van der Waals surface area contributed by atoms with Crippen LogP contribution in [0.15, 0.2) is 41.3 Å². The SMILES string of the molecule is COc1ccc(C[C@H]2NC[C@H](O)[C@H]2OC(=O)NCc2cocn2)cc1. The van der Waals surface area contributed by atoms with Crippen molar-refractivity contribution in [1.82, 2.24) is 15.6 Å². The zero-order valence-corrected chi connectivity index (χ0v) is 13.8. The number of ether oxygens (including phenoxy) is 2. The fourth-order valence-corrected chi connectivity index (χ4v) is 2.79. The van der Waals surface area contributed by atoms with Gasteiger partial charge in [-0.3, -0.25) is 0 Å². The van der Waals surface area contributed by atoms with Crippen LogP contribution in [0.25, 0.3) is 0 Å². The topological polar surface area (TPSA) is 106 Å². The lowest BCUT2D eigenvalue weighted by molar-refractivity contribution is 0.0187. The summed E-state index contributed by atoms with van der Waals surface area (Å²) in [5.41, 5.74) is 1.65. The number of aliphatic hydroxyl groups excluding tert-OH is 1. The summed E-state index contributed by atoms with van der Waals surface area (Å²) in [6, 6.07) is 7.49. The lowest BCUT2D eigenvalue weighted by Crippen LogP contribution is -2.41. The van der Waals surface area contributed by atoms with Gasteiger partial charge in [0.2, 0.25) is 0 Å². The highest BCUT2D eigenvalue weighted by molar-refractivity contribution is 5.67. The number of nitrogens with one attached hydrogen (secondary N) is 2. The van der Waals surface area contributed by atoms with Crippen LogP contribution < -0.4 is 15.4 Å². The third-order valence-corrected chi connectivity index (χ3v) is 4.12. The number of aliphatic hydroxyl groups is 1. The number of β-amino-alcohol motifs (C(OH)–C–C–N with tert-alkyl or cyclic N) is 1. The largest absolute Gasteiger partial charge is 0.497 e. The van der Waals surface area contributed by atoms with Gasteiger partial charge in [0.1, 0.15) is 24.2 Å². The number of hydrogen-bond donors (Lipinski definition) is 3. The molecule has 0 saturated carbocycles. The van der Waals surface area contributed by atoms with Gasteiger partial charge in [-0.2, -0.15) is 0 Å². The van der Waals surface area contributed by atoms with Gasteiger partial charge in [0.25, 0.3) is 0 Å². The normalized spacial score (nSPS) is 22.6. The fraction of sp³-hybridized carbons (Fsp3) is 0.412. The Morgan fingerprint density at radius 3 is 2.92 bits per heavy atom. The van der Waals surface area contributed by atoms with Gasteiger partial charge in [-0.15, -0.1) is 0 Å². The molecule has 1 aromatic carbocycles. The summed E-state index contributed by atoms with van der Waals surface area (Å²) in [6.07, 6.45) is 1.38. The third-order valence-electron chi connectivity index (χ3n) is 4.12. The van der Waals surface area contributed by atoms with Crippen LogP contribution in [-0.4, -0.2) is 48.1 Å². The maximum Gasteiger partial charge on any atom is 0.407 e. The van der Waals surface area contributed by atoms with Crippen molar-refractivity contribution in [3.8, 4) is 5.75 Å². The van der Waals surface area contributed by atoms with Gasteiger partial charge in [-0.1, -0.05) is 12.1 Å². The molecule has 1 fully saturated rings. The van der Waals surface area contributed by atoms with Crippen LogP contribution in [0.3, 0.4) is 0 Å². The maximum atomic E-state index is 12.0. The first kappa shape index (κ1) is 17.2. The summed E-state index contributed by atoms with van der Waals surface area (Å²) in [5.74, 6) is 0.781. The van der Waals surface area contributed by atoms with Crippen LogP contribution in [0.5, 0.6) is 5.75 Å². The number of carbonyl (C=O) groups is 1. The van der Waals surface area contributed by atoms with Gasteiger partial charge in [-0.25, -0.2) is 9.78 Å². The standard InChI is InChI=1S/C17H21N3O5/c1-23-13-4-2-11(3-5-13)6-14-16(15(21)8-18-14)25-17(22)19-7-12-9-24-10-20-12/h2-5,9-10,14-16,18,21H,6-8H2,1H3,(H,19,22)/t14-,15+,16+/m1/s1. The van der Waals surface area contributed by atoms with Crippen molar-refractivity contribution in [1.29, 1.82) is 0 Å². The minimum atomic E-state index is -0.749. The lowest BCUT2D eigenvalue weighted by atomic mass is 10.0. The van der Waals surface area contributed by atoms with E-state index in [0.29, 0.717) is 18.7 Å². The number of rotatable bonds is 6. The second-order valence-corrected chi connectivity index (χ2v) is 5.84. The van der Waals surface area contributed by atoms with Crippen molar-refractivity contribution in [3.63, 3.8) is 0 Å². The minimum Gasteiger partial charge on any atom is -0.497 e. The smallest absolute Gasteiger partial charge is 0.407 e. The molecule has 0 bridgehead atoms. The molecule has 8 nitrogen and oxygen atoms in total. The van der Waals surface area contributed by atoms with Gasteiger partial charge in [0, 0.05) is 6.54 Å². The molecule has 1 aliphatic rings. The molecule has 2 aromatic rings. The van der Waals surface area contributed by atoms with Gasteiger partial charge in [-0.05, 0) is 24.1 Å². The highest BCUT2D eigenvalue weighted by Gasteiger charge is 2.37. The Morgan fingerprint density at radius 1 is 1.44 bits per heavy atom. The highest BCUT2D eigenvalue weighted by atomic mass is 16.6. The number of aromatic nitrogens is 1. The van der Waals surface area contributed by atoms with Crippen LogP contribution in [0.4, 0.5) is 4.79 Å². The van der Waals surface area contributed by atoms with Crippen molar-refractivity contribution < 1.29 is 23.8 Å². The quantitative estimate of drug-likeness (QED) is 0.711. The number of methoxy groups -OCH3 is 1. The lowest BCUT2D eigenvalue weighted by Gasteiger charge is -2.22. The minimum absolute atomic E-state index is 0.166. The number of hydrogen-bond acceptors (Lipinski definition) is 7. The molecule has 2 heterocycles. The summed E-state index contributed by atoms with van der Waals surface area (Å²) in [6.45, 7) is 0.580. The molecule has 0 unspecified atom stereocenters. The van der Waals surface area contributed by atoms with Crippen molar-refractivity contribution >= 4 is 6.09 Å². The van der Waals surface area contributed by atoms with E-state index in [9.17, 15) is 9.90 Å². The molecule has 134 valence electrons. The number of nitrogens with zero attached hydrogens (tertiary/aromatic N) is 1.